The number of hydrogen-bond donors (Lipinski definition) is 1. The predicted molar refractivity (Wildman–Crippen MR) is 96.0 cm³/mol. The highest BCUT2D eigenvalue weighted by Gasteiger charge is 2.14. The number of halogens is 2. The van der Waals surface area contributed by atoms with Gasteiger partial charge in [-0.25, -0.2) is 9.37 Å². The molecule has 8 heteroatoms. The minimum atomic E-state index is -0.418. The lowest BCUT2D eigenvalue weighted by Crippen LogP contribution is -2.22. The fourth-order valence-electron chi connectivity index (χ4n) is 2.53. The zero-order valence-corrected chi connectivity index (χ0v) is 14.9. The Morgan fingerprint density at radius 1 is 1.23 bits per heavy atom. The van der Waals surface area contributed by atoms with Gasteiger partial charge in [0.15, 0.2) is 0 Å². The summed E-state index contributed by atoms with van der Waals surface area (Å²) in [6, 6.07) is 11.2. The van der Waals surface area contributed by atoms with Crippen molar-refractivity contribution in [1.29, 1.82) is 0 Å². The van der Waals surface area contributed by atoms with Gasteiger partial charge in [0.25, 0.3) is 5.91 Å². The Balaban J connectivity index is 1.46. The molecule has 1 N–H and O–H groups in total. The summed E-state index contributed by atoms with van der Waals surface area (Å²) >= 11 is 3.40. The fraction of sp³-hybridized carbons (Fsp3) is 0.0556. The van der Waals surface area contributed by atoms with Crippen molar-refractivity contribution in [2.75, 3.05) is 0 Å². The molecule has 26 heavy (non-hydrogen) atoms. The molecule has 0 aliphatic heterocycles. The molecule has 6 nitrogen and oxygen atoms in total. The predicted octanol–water partition coefficient (Wildman–Crippen LogP) is 3.82. The molecule has 0 fully saturated rings. The highest BCUT2D eigenvalue weighted by Crippen LogP contribution is 2.20. The van der Waals surface area contributed by atoms with E-state index in [2.05, 4.69) is 31.4 Å². The fourth-order valence-corrected chi connectivity index (χ4v) is 2.88. The van der Waals surface area contributed by atoms with Gasteiger partial charge in [0.05, 0.1) is 12.2 Å². The Labute approximate surface area is 155 Å². The van der Waals surface area contributed by atoms with Crippen molar-refractivity contribution in [2.45, 2.75) is 6.54 Å². The smallest absolute Gasteiger partial charge is 0.290 e. The summed E-state index contributed by atoms with van der Waals surface area (Å²) in [5.41, 5.74) is 2.43. The molecule has 4 rings (SSSR count). The van der Waals surface area contributed by atoms with Crippen LogP contribution in [0.1, 0.15) is 16.2 Å². The van der Waals surface area contributed by atoms with E-state index in [-0.39, 0.29) is 18.1 Å². The Morgan fingerprint density at radius 2 is 2.12 bits per heavy atom. The Bertz CT molecular complexity index is 1110. The van der Waals surface area contributed by atoms with Crippen LogP contribution in [0.5, 0.6) is 0 Å². The molecular weight excluding hydrogens is 403 g/mol. The molecule has 0 aliphatic carbocycles. The number of imidazole rings is 1. The molecule has 4 aromatic rings. The van der Waals surface area contributed by atoms with Crippen LogP contribution in [0.3, 0.4) is 0 Å². The van der Waals surface area contributed by atoms with Crippen LogP contribution in [0.2, 0.25) is 0 Å². The monoisotopic (exact) mass is 414 g/mol. The van der Waals surface area contributed by atoms with E-state index >= 15 is 0 Å². The Hall–Kier alpha value is -3.00. The van der Waals surface area contributed by atoms with Gasteiger partial charge in [-0.05, 0) is 40.2 Å². The van der Waals surface area contributed by atoms with E-state index in [4.69, 9.17) is 4.52 Å². The van der Waals surface area contributed by atoms with E-state index in [0.717, 1.165) is 10.1 Å². The molecule has 0 unspecified atom stereocenters. The number of pyridine rings is 1. The molecule has 0 spiro atoms. The molecule has 0 saturated carbocycles. The maximum Gasteiger partial charge on any atom is 0.290 e. The number of fused-ring (bicyclic) bond motifs is 1. The maximum atomic E-state index is 13.3. The minimum Gasteiger partial charge on any atom is -0.350 e. The first-order valence-corrected chi connectivity index (χ1v) is 8.52. The molecule has 0 bridgehead atoms. The highest BCUT2D eigenvalue weighted by atomic mass is 79.9. The van der Waals surface area contributed by atoms with Crippen LogP contribution in [0, 0.1) is 5.82 Å². The minimum absolute atomic E-state index is 0.0516. The van der Waals surface area contributed by atoms with Gasteiger partial charge in [0, 0.05) is 28.5 Å². The third kappa shape index (κ3) is 3.36. The molecule has 130 valence electrons. The van der Waals surface area contributed by atoms with E-state index in [1.54, 1.807) is 12.1 Å². The number of nitrogens with one attached hydrogen (secondary N) is 1. The summed E-state index contributed by atoms with van der Waals surface area (Å²) in [6.45, 7) is 0.244. The first-order chi connectivity index (χ1) is 12.6. The number of rotatable bonds is 4. The lowest BCUT2D eigenvalue weighted by molar-refractivity contribution is 0.0913. The zero-order valence-electron chi connectivity index (χ0n) is 13.3. The zero-order chi connectivity index (χ0) is 18.1. The lowest BCUT2D eigenvalue weighted by Gasteiger charge is -1.98. The van der Waals surface area contributed by atoms with Gasteiger partial charge < -0.3 is 14.2 Å². The topological polar surface area (TPSA) is 72.4 Å². The van der Waals surface area contributed by atoms with Gasteiger partial charge in [-0.15, -0.1) is 0 Å². The number of hydrogen-bond acceptors (Lipinski definition) is 4. The second-order valence-electron chi connectivity index (χ2n) is 5.61. The average Bonchev–Trinajstić information content (AvgIpc) is 3.26. The van der Waals surface area contributed by atoms with Crippen LogP contribution in [0.4, 0.5) is 4.39 Å². The standard InChI is InChI=1S/C18H12BrFN4O2/c19-12-4-5-17-22-14(10-24(17)9-12)8-21-18(25)16-7-15(23-26-16)11-2-1-3-13(20)6-11/h1-7,9-10H,8H2,(H,21,25). The number of carbonyl (C=O) groups is 1. The molecule has 3 heterocycles. The Kier molecular flexibility index (Phi) is 4.26. The maximum absolute atomic E-state index is 13.3. The number of amides is 1. The van der Waals surface area contributed by atoms with Crippen molar-refractivity contribution in [2.24, 2.45) is 0 Å². The van der Waals surface area contributed by atoms with Gasteiger partial charge in [-0.1, -0.05) is 17.3 Å². The molecule has 0 aliphatic rings. The normalized spacial score (nSPS) is 11.0. The number of benzene rings is 1. The van der Waals surface area contributed by atoms with Crippen LogP contribution in [0.15, 0.2) is 63.9 Å². The largest absolute Gasteiger partial charge is 0.350 e. The summed E-state index contributed by atoms with van der Waals surface area (Å²) in [7, 11) is 0. The van der Waals surface area contributed by atoms with Crippen LogP contribution >= 0.6 is 15.9 Å². The van der Waals surface area contributed by atoms with E-state index in [1.807, 2.05) is 28.9 Å². The third-order valence-corrected chi connectivity index (χ3v) is 4.22. The molecule has 1 aromatic carbocycles. The van der Waals surface area contributed by atoms with Gasteiger partial charge in [-0.2, -0.15) is 0 Å². The summed E-state index contributed by atoms with van der Waals surface area (Å²) in [4.78, 5) is 16.7. The molecule has 0 saturated heterocycles. The van der Waals surface area contributed by atoms with Crippen molar-refractivity contribution < 1.29 is 13.7 Å². The summed E-state index contributed by atoms with van der Waals surface area (Å²) in [6.07, 6.45) is 3.72. The first-order valence-electron chi connectivity index (χ1n) is 7.72. The van der Waals surface area contributed by atoms with Gasteiger partial charge >= 0.3 is 0 Å². The second kappa shape index (κ2) is 6.72. The van der Waals surface area contributed by atoms with Gasteiger partial charge in [0.2, 0.25) is 5.76 Å². The molecule has 1 amide bonds. The van der Waals surface area contributed by atoms with Crippen LogP contribution in [0.25, 0.3) is 16.9 Å². The first kappa shape index (κ1) is 16.5. The number of carbonyl (C=O) groups excluding carboxylic acids is 1. The number of aromatic nitrogens is 3. The van der Waals surface area contributed by atoms with Crippen molar-refractivity contribution in [3.8, 4) is 11.3 Å². The molecular formula is C18H12BrFN4O2. The molecule has 0 atom stereocenters. The summed E-state index contributed by atoms with van der Waals surface area (Å²) in [5.74, 6) is -0.746. The van der Waals surface area contributed by atoms with E-state index in [9.17, 15) is 9.18 Å². The summed E-state index contributed by atoms with van der Waals surface area (Å²) < 4.78 is 21.2. The van der Waals surface area contributed by atoms with Crippen LogP contribution < -0.4 is 5.32 Å². The van der Waals surface area contributed by atoms with Crippen molar-refractivity contribution in [3.05, 3.63) is 76.6 Å². The molecule has 0 radical (unpaired) electrons. The lowest BCUT2D eigenvalue weighted by atomic mass is 10.1. The average molecular weight is 415 g/mol. The Morgan fingerprint density at radius 3 is 2.96 bits per heavy atom. The van der Waals surface area contributed by atoms with Crippen molar-refractivity contribution in [1.82, 2.24) is 19.9 Å². The van der Waals surface area contributed by atoms with E-state index in [0.29, 0.717) is 17.0 Å². The van der Waals surface area contributed by atoms with E-state index in [1.165, 1.54) is 18.2 Å². The number of nitrogens with zero attached hydrogens (tertiary/aromatic N) is 3. The summed E-state index contributed by atoms with van der Waals surface area (Å²) in [5, 5.41) is 6.55. The highest BCUT2D eigenvalue weighted by molar-refractivity contribution is 9.10. The molecule has 3 aromatic heterocycles. The van der Waals surface area contributed by atoms with Crippen LogP contribution in [-0.2, 0) is 6.54 Å². The van der Waals surface area contributed by atoms with Gasteiger partial charge in [-0.3, -0.25) is 4.79 Å². The SMILES string of the molecule is O=C(NCc1cn2cc(Br)ccc2n1)c1cc(-c2cccc(F)c2)no1. The van der Waals surface area contributed by atoms with Crippen LogP contribution in [-0.4, -0.2) is 20.4 Å². The van der Waals surface area contributed by atoms with Crippen molar-refractivity contribution in [3.63, 3.8) is 0 Å². The quantitative estimate of drug-likeness (QED) is 0.550. The second-order valence-corrected chi connectivity index (χ2v) is 6.53. The van der Waals surface area contributed by atoms with E-state index < -0.39 is 5.91 Å². The van der Waals surface area contributed by atoms with Gasteiger partial charge in [0.1, 0.15) is 17.2 Å². The van der Waals surface area contributed by atoms with Crippen molar-refractivity contribution >= 4 is 27.5 Å². The third-order valence-electron chi connectivity index (χ3n) is 3.75.